The van der Waals surface area contributed by atoms with Crippen LogP contribution >= 0.6 is 0 Å². The number of nitrogens with zero attached hydrogens (tertiary/aromatic N) is 1. The fraction of sp³-hybridized carbons (Fsp3) is 0.500. The first-order chi connectivity index (χ1) is 8.33. The van der Waals surface area contributed by atoms with Gasteiger partial charge in [-0.15, -0.1) is 0 Å². The minimum Gasteiger partial charge on any atom is -0.372 e. The zero-order valence-electron chi connectivity index (χ0n) is 10.1. The third kappa shape index (κ3) is 3.06. The lowest BCUT2D eigenvalue weighted by molar-refractivity contribution is 0.0663. The van der Waals surface area contributed by atoms with E-state index in [4.69, 9.17) is 10.00 Å². The average Bonchev–Trinajstić information content (AvgIpc) is 2.64. The van der Waals surface area contributed by atoms with Gasteiger partial charge in [0.15, 0.2) is 0 Å². The van der Waals surface area contributed by atoms with Crippen molar-refractivity contribution < 1.29 is 4.74 Å². The fourth-order valence-corrected chi connectivity index (χ4v) is 2.16. The van der Waals surface area contributed by atoms with E-state index in [0.717, 1.165) is 31.6 Å². The third-order valence-corrected chi connectivity index (χ3v) is 3.26. The lowest BCUT2D eigenvalue weighted by Crippen LogP contribution is -2.29. The lowest BCUT2D eigenvalue weighted by atomic mass is 10.1. The highest BCUT2D eigenvalue weighted by Gasteiger charge is 2.18. The molecular formula is C14H18N2O. The summed E-state index contributed by atoms with van der Waals surface area (Å²) < 4.78 is 5.85. The zero-order valence-corrected chi connectivity index (χ0v) is 10.1. The van der Waals surface area contributed by atoms with Gasteiger partial charge in [0, 0.05) is 19.2 Å². The van der Waals surface area contributed by atoms with Crippen LogP contribution in [0.3, 0.4) is 0 Å². The molecule has 1 aromatic carbocycles. The molecule has 2 atom stereocenters. The van der Waals surface area contributed by atoms with E-state index in [2.05, 4.69) is 18.3 Å². The smallest absolute Gasteiger partial charge is 0.0991 e. The Morgan fingerprint density at radius 1 is 1.53 bits per heavy atom. The van der Waals surface area contributed by atoms with Crippen molar-refractivity contribution >= 4 is 0 Å². The van der Waals surface area contributed by atoms with Gasteiger partial charge in [-0.2, -0.15) is 5.26 Å². The van der Waals surface area contributed by atoms with Crippen LogP contribution in [0, 0.1) is 11.3 Å². The molecule has 90 valence electrons. The number of ether oxygens (including phenoxy) is 1. The molecule has 1 fully saturated rings. The van der Waals surface area contributed by atoms with E-state index in [0.29, 0.717) is 11.6 Å². The van der Waals surface area contributed by atoms with Crippen molar-refractivity contribution in [2.45, 2.75) is 31.9 Å². The first kappa shape index (κ1) is 12.1. The molecule has 1 saturated heterocycles. The van der Waals surface area contributed by atoms with Gasteiger partial charge in [0.25, 0.3) is 0 Å². The van der Waals surface area contributed by atoms with Crippen LogP contribution in [0.15, 0.2) is 24.3 Å². The Kier molecular flexibility index (Phi) is 4.13. The standard InChI is InChI=1S/C14H18N2O/c1-2-13-6-7-17-14(10-16-13)12-5-3-4-11(8-12)9-15/h3-5,8,13-14,16H,2,6-7,10H2,1H3. The Balaban J connectivity index is 2.09. The van der Waals surface area contributed by atoms with Crippen LogP contribution in [0.25, 0.3) is 0 Å². The number of hydrogen-bond donors (Lipinski definition) is 1. The minimum absolute atomic E-state index is 0.0693. The van der Waals surface area contributed by atoms with E-state index < -0.39 is 0 Å². The fourth-order valence-electron chi connectivity index (χ4n) is 2.16. The zero-order chi connectivity index (χ0) is 12.1. The van der Waals surface area contributed by atoms with Crippen molar-refractivity contribution in [1.82, 2.24) is 5.32 Å². The summed E-state index contributed by atoms with van der Waals surface area (Å²) >= 11 is 0. The van der Waals surface area contributed by atoms with Crippen molar-refractivity contribution in [3.63, 3.8) is 0 Å². The summed E-state index contributed by atoms with van der Waals surface area (Å²) in [5.74, 6) is 0. The first-order valence-corrected chi connectivity index (χ1v) is 6.18. The SMILES string of the molecule is CCC1CCOC(c2cccc(C#N)c2)CN1. The molecule has 1 aliphatic rings. The molecule has 0 saturated carbocycles. The Labute approximate surface area is 102 Å². The molecule has 1 aliphatic heterocycles. The average molecular weight is 230 g/mol. The minimum atomic E-state index is 0.0693. The van der Waals surface area contributed by atoms with E-state index in [9.17, 15) is 0 Å². The van der Waals surface area contributed by atoms with Crippen LogP contribution in [0.1, 0.15) is 37.0 Å². The maximum absolute atomic E-state index is 8.89. The normalized spacial score (nSPS) is 24.9. The van der Waals surface area contributed by atoms with Gasteiger partial charge in [0.1, 0.15) is 0 Å². The monoisotopic (exact) mass is 230 g/mol. The molecular weight excluding hydrogens is 212 g/mol. The summed E-state index contributed by atoms with van der Waals surface area (Å²) in [6, 6.07) is 10.4. The van der Waals surface area contributed by atoms with Gasteiger partial charge in [-0.05, 0) is 30.5 Å². The summed E-state index contributed by atoms with van der Waals surface area (Å²) in [5, 5.41) is 12.4. The number of hydrogen-bond acceptors (Lipinski definition) is 3. The van der Waals surface area contributed by atoms with Gasteiger partial charge >= 0.3 is 0 Å². The molecule has 0 spiro atoms. The lowest BCUT2D eigenvalue weighted by Gasteiger charge is -2.16. The summed E-state index contributed by atoms with van der Waals surface area (Å²) in [5.41, 5.74) is 1.79. The molecule has 1 aromatic rings. The molecule has 1 heterocycles. The number of nitrogens with one attached hydrogen (secondary N) is 1. The summed E-state index contributed by atoms with van der Waals surface area (Å²) in [7, 11) is 0. The predicted octanol–water partition coefficient (Wildman–Crippen LogP) is 2.39. The number of rotatable bonds is 2. The quantitative estimate of drug-likeness (QED) is 0.848. The highest BCUT2D eigenvalue weighted by Crippen LogP contribution is 2.21. The highest BCUT2D eigenvalue weighted by molar-refractivity contribution is 5.34. The Morgan fingerprint density at radius 2 is 2.41 bits per heavy atom. The van der Waals surface area contributed by atoms with Gasteiger partial charge < -0.3 is 10.1 Å². The summed E-state index contributed by atoms with van der Waals surface area (Å²) in [6.07, 6.45) is 2.26. The van der Waals surface area contributed by atoms with Gasteiger partial charge in [0.2, 0.25) is 0 Å². The van der Waals surface area contributed by atoms with Gasteiger partial charge in [0.05, 0.1) is 17.7 Å². The second-order valence-electron chi connectivity index (χ2n) is 4.40. The van der Waals surface area contributed by atoms with Gasteiger partial charge in [-0.25, -0.2) is 0 Å². The van der Waals surface area contributed by atoms with Crippen LogP contribution in [0.5, 0.6) is 0 Å². The van der Waals surface area contributed by atoms with Crippen LogP contribution in [0.4, 0.5) is 0 Å². The number of benzene rings is 1. The third-order valence-electron chi connectivity index (χ3n) is 3.26. The topological polar surface area (TPSA) is 45.0 Å². The Morgan fingerprint density at radius 3 is 3.18 bits per heavy atom. The van der Waals surface area contributed by atoms with Gasteiger partial charge in [-0.1, -0.05) is 19.1 Å². The van der Waals surface area contributed by atoms with Crippen molar-refractivity contribution in [2.24, 2.45) is 0 Å². The molecule has 0 bridgehead atoms. The molecule has 0 aromatic heterocycles. The van der Waals surface area contributed by atoms with E-state index >= 15 is 0 Å². The van der Waals surface area contributed by atoms with Crippen LogP contribution < -0.4 is 5.32 Å². The van der Waals surface area contributed by atoms with Crippen LogP contribution in [-0.4, -0.2) is 19.2 Å². The van der Waals surface area contributed by atoms with Gasteiger partial charge in [-0.3, -0.25) is 0 Å². The van der Waals surface area contributed by atoms with Crippen molar-refractivity contribution in [3.8, 4) is 6.07 Å². The molecule has 0 amide bonds. The van der Waals surface area contributed by atoms with E-state index in [1.165, 1.54) is 0 Å². The highest BCUT2D eigenvalue weighted by atomic mass is 16.5. The maximum Gasteiger partial charge on any atom is 0.0991 e. The molecule has 3 nitrogen and oxygen atoms in total. The Bertz CT molecular complexity index is 411. The molecule has 2 unspecified atom stereocenters. The van der Waals surface area contributed by atoms with Crippen molar-refractivity contribution in [3.05, 3.63) is 35.4 Å². The van der Waals surface area contributed by atoms with Crippen molar-refractivity contribution in [1.29, 1.82) is 5.26 Å². The van der Waals surface area contributed by atoms with E-state index in [1.807, 2.05) is 24.3 Å². The van der Waals surface area contributed by atoms with E-state index in [1.54, 1.807) is 0 Å². The molecule has 0 radical (unpaired) electrons. The largest absolute Gasteiger partial charge is 0.372 e. The molecule has 17 heavy (non-hydrogen) atoms. The maximum atomic E-state index is 8.89. The summed E-state index contributed by atoms with van der Waals surface area (Å²) in [6.45, 7) is 3.80. The van der Waals surface area contributed by atoms with Crippen LogP contribution in [0.2, 0.25) is 0 Å². The molecule has 2 rings (SSSR count). The molecule has 1 N–H and O–H groups in total. The molecule has 3 heteroatoms. The predicted molar refractivity (Wildman–Crippen MR) is 66.5 cm³/mol. The number of nitriles is 1. The second-order valence-corrected chi connectivity index (χ2v) is 4.40. The van der Waals surface area contributed by atoms with Crippen molar-refractivity contribution in [2.75, 3.05) is 13.2 Å². The van der Waals surface area contributed by atoms with Crippen LogP contribution in [-0.2, 0) is 4.74 Å². The first-order valence-electron chi connectivity index (χ1n) is 6.18. The second kappa shape index (κ2) is 5.81. The van der Waals surface area contributed by atoms with E-state index in [-0.39, 0.29) is 6.10 Å². The summed E-state index contributed by atoms with van der Waals surface area (Å²) in [4.78, 5) is 0. The molecule has 0 aliphatic carbocycles. The Hall–Kier alpha value is -1.37.